The van der Waals surface area contributed by atoms with Gasteiger partial charge in [0.2, 0.25) is 29.6 Å². The number of hydrogen-bond acceptors (Lipinski definition) is 18. The van der Waals surface area contributed by atoms with Crippen molar-refractivity contribution in [1.82, 2.24) is 39.6 Å². The highest BCUT2D eigenvalue weighted by Crippen LogP contribution is 2.52. The van der Waals surface area contributed by atoms with Crippen LogP contribution in [0.4, 0.5) is 45.0 Å². The number of para-hydroxylation sites is 3. The normalized spacial score (nSPS) is 15.3. The van der Waals surface area contributed by atoms with Crippen LogP contribution >= 0.6 is 43.5 Å². The van der Waals surface area contributed by atoms with Crippen LogP contribution in [0.3, 0.4) is 0 Å². The number of carbonyl (C=O) groups is 7. The zero-order chi connectivity index (χ0) is 78.8. The number of pyridine rings is 5. The predicted octanol–water partition coefficient (Wildman–Crippen LogP) is 13.7. The Kier molecular flexibility index (Phi) is 23.6. The number of likely N-dealkylation sites (tertiary alicyclic amines) is 3. The number of carbonyl (C=O) groups excluding carboxylic acids is 7. The lowest BCUT2D eigenvalue weighted by atomic mass is 9.75. The largest absolute Gasteiger partial charge is 0.488 e. The fourth-order valence-corrected chi connectivity index (χ4v) is 15.9. The third-order valence-electron chi connectivity index (χ3n) is 20.0. The molecule has 17 rings (SSSR count). The first-order valence-electron chi connectivity index (χ1n) is 34.9. The Bertz CT molecular complexity index is 5500. The molecular weight excluding hydrogens is 1590 g/mol. The second-order valence-electron chi connectivity index (χ2n) is 27.9. The van der Waals surface area contributed by atoms with Crippen molar-refractivity contribution in [3.63, 3.8) is 0 Å². The number of ether oxygens (including phenoxy) is 4. The van der Waals surface area contributed by atoms with Gasteiger partial charge in [-0.3, -0.25) is 29.3 Å². The van der Waals surface area contributed by atoms with Crippen molar-refractivity contribution in [3.05, 3.63) is 255 Å². The van der Waals surface area contributed by atoms with Crippen molar-refractivity contribution >= 4 is 147 Å². The molecule has 0 atom stereocenters. The van der Waals surface area contributed by atoms with Crippen LogP contribution in [0.5, 0.6) is 0 Å². The van der Waals surface area contributed by atoms with Crippen molar-refractivity contribution in [2.75, 3.05) is 75.3 Å². The van der Waals surface area contributed by atoms with Gasteiger partial charge in [0.1, 0.15) is 21.8 Å². The molecule has 574 valence electrons. The molecule has 6 amide bonds. The van der Waals surface area contributed by atoms with Crippen LogP contribution in [0.1, 0.15) is 62.0 Å². The van der Waals surface area contributed by atoms with Crippen molar-refractivity contribution in [1.29, 1.82) is 0 Å². The number of hydrogen-bond donors (Lipinski definition) is 2. The lowest BCUT2D eigenvalue weighted by molar-refractivity contribution is -0.129. The van der Waals surface area contributed by atoms with Gasteiger partial charge in [-0.15, -0.1) is 0 Å². The number of aromatic nitrogens is 5. The van der Waals surface area contributed by atoms with Gasteiger partial charge in [-0.2, -0.15) is 8.78 Å². The molecule has 0 unspecified atom stereocenters. The molecule has 3 saturated heterocycles. The highest BCUT2D eigenvalue weighted by molar-refractivity contribution is 9.11. The van der Waals surface area contributed by atoms with Gasteiger partial charge >= 0.3 is 30.8 Å². The molecule has 3 spiro atoms. The molecule has 6 aliphatic heterocycles. The second-order valence-corrected chi connectivity index (χ2v) is 29.8. The Morgan fingerprint density at radius 2 is 0.821 bits per heavy atom. The predicted molar refractivity (Wildman–Crippen MR) is 427 cm³/mol. The summed E-state index contributed by atoms with van der Waals surface area (Å²) in [6.45, 7) is 8.28. The molecule has 3 fully saturated rings. The maximum atomic E-state index is 14.1. The maximum absolute atomic E-state index is 14.1. The number of amides is 6. The number of benzene rings is 6. The molecule has 2 N–H and O–H groups in total. The first-order valence-corrected chi connectivity index (χ1v) is 36.8. The van der Waals surface area contributed by atoms with E-state index >= 15 is 0 Å². The van der Waals surface area contributed by atoms with Gasteiger partial charge in [-0.25, -0.2) is 29.1 Å². The average Bonchev–Trinajstić information content (AvgIpc) is 1.56. The van der Waals surface area contributed by atoms with Crippen molar-refractivity contribution in [3.8, 4) is 11.1 Å². The van der Waals surface area contributed by atoms with Gasteiger partial charge in [-0.1, -0.05) is 135 Å². The van der Waals surface area contributed by atoms with Gasteiger partial charge in [0, 0.05) is 136 Å². The van der Waals surface area contributed by atoms with E-state index in [9.17, 15) is 42.3 Å². The van der Waals surface area contributed by atoms with Crippen LogP contribution < -0.4 is 20.2 Å². The number of fused-ring (bicyclic) bond motifs is 9. The summed E-state index contributed by atoms with van der Waals surface area (Å²) in [5, 5.41) is 23.1. The van der Waals surface area contributed by atoms with Crippen LogP contribution in [-0.2, 0) is 69.2 Å². The monoisotopic (exact) mass is 1660 g/mol. The summed E-state index contributed by atoms with van der Waals surface area (Å²) < 4.78 is 47.1. The Balaban J connectivity index is 0.000000142. The lowest BCUT2D eigenvalue weighted by Crippen LogP contribution is -2.65. The van der Waals surface area contributed by atoms with Gasteiger partial charge in [0.25, 0.3) is 0 Å². The number of anilines is 3. The molecular formula is C82H75BBr2ClF2N11O13. The minimum atomic E-state index is -1.63. The van der Waals surface area contributed by atoms with Crippen LogP contribution in [0.25, 0.3) is 43.4 Å². The van der Waals surface area contributed by atoms with Crippen LogP contribution in [-0.4, -0.2) is 164 Å². The van der Waals surface area contributed by atoms with Crippen LogP contribution in [0.2, 0.25) is 0 Å². The van der Waals surface area contributed by atoms with Gasteiger partial charge in [0.15, 0.2) is 0 Å². The Morgan fingerprint density at radius 1 is 0.482 bits per heavy atom. The zero-order valence-corrected chi connectivity index (χ0v) is 64.6. The van der Waals surface area contributed by atoms with E-state index in [-0.39, 0.29) is 56.3 Å². The SMILES string of the molecule is C.CC(C)(C)OC(=O)N1CC2(C1)C(=O)N(Cc1ncc3ccccc3c1Br)c1ccccc12.COC(=O)Cl.COC(=O)N1CC2(C1)C(=O)N(Cc1ncc3ccccc3c1-c1ccnc(F)c1)c1ccccc12.COC(=O)N1CC2(C1)C(=O)N(Cc1ncc3ccccc3c1Br)c1ccccc12.OB(O)c1ccnc(F)c1. The first kappa shape index (κ1) is 80.2. The summed E-state index contributed by atoms with van der Waals surface area (Å²) in [5.41, 5.74) is 5.55. The lowest BCUT2D eigenvalue weighted by Gasteiger charge is -2.46. The molecule has 11 aromatic rings. The molecule has 5 aromatic heterocycles. The molecule has 0 bridgehead atoms. The van der Waals surface area contributed by atoms with Crippen molar-refractivity contribution < 1.29 is 71.3 Å². The zero-order valence-electron chi connectivity index (χ0n) is 60.7. The standard InChI is InChI=1S/C27H21FN4O3.C25H24BrN3O3.C22H18BrN3O3.C5H5BFNO2.C2H3ClO2.CH4/c1-35-26(34)31-15-27(16-31)20-8-4-5-9-22(20)32(25(27)33)14-21-24(17-10-11-29-23(28)12-17)19-7-3-2-6-18(19)13-30-21;1-24(2,3)32-23(31)28-14-25(15-28)18-10-6-7-11-20(18)29(22(25)30)13-19-21(26)17-9-5-4-8-16(17)12-27-19;1-29-21(28)25-12-22(13-25)16-8-4-5-9-18(16)26(20(22)27)11-17-19(23)15-7-3-2-6-14(15)10-24-17;7-5-3-4(6(9)10)1-2-8-5;1-5-2(3)4;/h2-13H,14-16H2,1H3;4-12H,13-15H2,1-3H3;2-10H,11-13H2,1H3;1-3,9-10H;1H3;1H4. The quantitative estimate of drug-likeness (QED) is 0.0619. The third kappa shape index (κ3) is 15.5. The Hall–Kier alpha value is -11.4. The molecule has 0 saturated carbocycles. The van der Waals surface area contributed by atoms with E-state index in [0.717, 1.165) is 98.0 Å². The summed E-state index contributed by atoms with van der Waals surface area (Å²) in [6, 6.07) is 52.5. The molecule has 30 heteroatoms. The van der Waals surface area contributed by atoms with Crippen molar-refractivity contribution in [2.24, 2.45) is 0 Å². The molecule has 6 aromatic carbocycles. The second kappa shape index (κ2) is 32.9. The molecule has 24 nitrogen and oxygen atoms in total. The third-order valence-corrected chi connectivity index (χ3v) is 21.9. The number of halogens is 5. The van der Waals surface area contributed by atoms with Gasteiger partial charge in [-0.05, 0) is 133 Å². The van der Waals surface area contributed by atoms with E-state index in [1.54, 1.807) is 36.8 Å². The van der Waals surface area contributed by atoms with Gasteiger partial charge in [0.05, 0.1) is 58.0 Å². The van der Waals surface area contributed by atoms with E-state index in [0.29, 0.717) is 50.5 Å². The fraction of sp³-hybridized carbons (Fsp3) is 0.244. The maximum Gasteiger partial charge on any atom is 0.488 e. The van der Waals surface area contributed by atoms with Gasteiger partial charge < -0.3 is 58.4 Å². The molecule has 112 heavy (non-hydrogen) atoms. The molecule has 11 heterocycles. The highest BCUT2D eigenvalue weighted by Gasteiger charge is 2.62. The van der Waals surface area contributed by atoms with E-state index < -0.39 is 58.5 Å². The topological polar surface area (TPSA) is 281 Å². The summed E-state index contributed by atoms with van der Waals surface area (Å²) in [7, 11) is 2.28. The number of nitrogens with zero attached hydrogens (tertiary/aromatic N) is 11. The number of rotatable bonds is 8. The summed E-state index contributed by atoms with van der Waals surface area (Å²) in [6.07, 6.45) is 6.81. The smallest absolute Gasteiger partial charge is 0.457 e. The Morgan fingerprint density at radius 3 is 1.19 bits per heavy atom. The highest BCUT2D eigenvalue weighted by atomic mass is 79.9. The molecule has 0 radical (unpaired) electrons. The van der Waals surface area contributed by atoms with Crippen LogP contribution in [0.15, 0.2) is 210 Å². The number of methoxy groups -OCH3 is 3. The first-order chi connectivity index (χ1) is 53.2. The van der Waals surface area contributed by atoms with Crippen molar-refractivity contribution in [2.45, 2.75) is 69.7 Å². The summed E-state index contributed by atoms with van der Waals surface area (Å²) in [5.74, 6) is -1.38. The minimum absolute atomic E-state index is 0. The van der Waals surface area contributed by atoms with E-state index in [4.69, 9.17) is 29.2 Å². The van der Waals surface area contributed by atoms with Crippen LogP contribution in [0, 0.1) is 11.9 Å². The minimum Gasteiger partial charge on any atom is -0.457 e. The summed E-state index contributed by atoms with van der Waals surface area (Å²) in [4.78, 5) is 118. The summed E-state index contributed by atoms with van der Waals surface area (Å²) >= 11 is 12.0. The molecule has 6 aliphatic rings. The Labute approximate surface area is 665 Å². The van der Waals surface area contributed by atoms with E-state index in [1.807, 2.05) is 179 Å². The fourth-order valence-electron chi connectivity index (χ4n) is 14.8. The van der Waals surface area contributed by atoms with E-state index in [2.05, 4.69) is 68.1 Å². The average molecular weight is 1670 g/mol. The van der Waals surface area contributed by atoms with E-state index in [1.165, 1.54) is 50.8 Å². The molecule has 0 aliphatic carbocycles.